The first kappa shape index (κ1) is 22.1. The van der Waals surface area contributed by atoms with Gasteiger partial charge in [0.15, 0.2) is 11.6 Å². The molecule has 0 spiro atoms. The van der Waals surface area contributed by atoms with Gasteiger partial charge in [0, 0.05) is 26.2 Å². The monoisotopic (exact) mass is 451 g/mol. The molecule has 0 unspecified atom stereocenters. The van der Waals surface area contributed by atoms with Crippen LogP contribution < -0.4 is 15.0 Å². The number of nitrogens with one attached hydrogen (secondary N) is 1. The first-order chi connectivity index (χ1) is 15.5. The molecule has 0 radical (unpaired) electrons. The molecule has 1 saturated heterocycles. The summed E-state index contributed by atoms with van der Waals surface area (Å²) in [6, 6.07) is 4.23. The van der Waals surface area contributed by atoms with Crippen molar-refractivity contribution in [3.63, 3.8) is 0 Å². The zero-order chi connectivity index (χ0) is 22.7. The average Bonchev–Trinajstić information content (AvgIpc) is 3.63. The number of anilines is 3. The number of nitrogens with zero attached hydrogens (tertiary/aromatic N) is 4. The summed E-state index contributed by atoms with van der Waals surface area (Å²) in [7, 11) is 1.43. The minimum atomic E-state index is -3.01. The number of rotatable bonds is 8. The molecule has 32 heavy (non-hydrogen) atoms. The van der Waals surface area contributed by atoms with Crippen molar-refractivity contribution in [3.05, 3.63) is 35.8 Å². The highest BCUT2D eigenvalue weighted by Gasteiger charge is 2.28. The summed E-state index contributed by atoms with van der Waals surface area (Å²) in [6.07, 6.45) is 2.89. The van der Waals surface area contributed by atoms with Crippen LogP contribution in [0.15, 0.2) is 24.4 Å². The SMILES string of the molecule is CNc1nc(N(c2ccc(C(=O)N3CCOCC3)c(OCC3CC3)c2)C(F)F)ncc1F. The lowest BCUT2D eigenvalue weighted by atomic mass is 10.1. The lowest BCUT2D eigenvalue weighted by Crippen LogP contribution is -2.40. The molecule has 2 aliphatic rings. The van der Waals surface area contributed by atoms with Gasteiger partial charge in [0.2, 0.25) is 5.95 Å². The zero-order valence-corrected chi connectivity index (χ0v) is 17.6. The maximum Gasteiger partial charge on any atom is 0.321 e. The van der Waals surface area contributed by atoms with Gasteiger partial charge in [-0.15, -0.1) is 0 Å². The molecule has 1 aromatic heterocycles. The van der Waals surface area contributed by atoms with Crippen LogP contribution in [0.3, 0.4) is 0 Å². The van der Waals surface area contributed by atoms with E-state index in [1.54, 1.807) is 4.90 Å². The largest absolute Gasteiger partial charge is 0.492 e. The first-order valence-corrected chi connectivity index (χ1v) is 10.4. The third-order valence-corrected chi connectivity index (χ3v) is 5.32. The van der Waals surface area contributed by atoms with Gasteiger partial charge in [-0.1, -0.05) is 0 Å². The summed E-state index contributed by atoms with van der Waals surface area (Å²) >= 11 is 0. The van der Waals surface area contributed by atoms with Gasteiger partial charge >= 0.3 is 6.55 Å². The van der Waals surface area contributed by atoms with Gasteiger partial charge in [0.25, 0.3) is 5.91 Å². The molecular weight excluding hydrogens is 427 g/mol. The molecule has 0 atom stereocenters. The van der Waals surface area contributed by atoms with E-state index in [4.69, 9.17) is 9.47 Å². The van der Waals surface area contributed by atoms with Crippen LogP contribution >= 0.6 is 0 Å². The molecule has 2 heterocycles. The van der Waals surface area contributed by atoms with Crippen molar-refractivity contribution in [2.24, 2.45) is 5.92 Å². The number of hydrogen-bond acceptors (Lipinski definition) is 7. The van der Waals surface area contributed by atoms with Crippen LogP contribution in [0.25, 0.3) is 0 Å². The number of carbonyl (C=O) groups is 1. The van der Waals surface area contributed by atoms with Gasteiger partial charge in [-0.05, 0) is 30.9 Å². The van der Waals surface area contributed by atoms with Crippen LogP contribution in [0.4, 0.5) is 30.6 Å². The van der Waals surface area contributed by atoms with Crippen molar-refractivity contribution in [1.29, 1.82) is 0 Å². The Morgan fingerprint density at radius 2 is 2.09 bits per heavy atom. The van der Waals surface area contributed by atoms with Crippen molar-refractivity contribution in [2.75, 3.05) is 50.2 Å². The highest BCUT2D eigenvalue weighted by molar-refractivity contribution is 5.97. The molecule has 11 heteroatoms. The molecule has 1 amide bonds. The molecule has 8 nitrogen and oxygen atoms in total. The van der Waals surface area contributed by atoms with E-state index < -0.39 is 12.4 Å². The first-order valence-electron chi connectivity index (χ1n) is 10.4. The molecule has 2 fully saturated rings. The van der Waals surface area contributed by atoms with Crippen LogP contribution in [0.2, 0.25) is 0 Å². The minimum Gasteiger partial charge on any atom is -0.492 e. The number of ether oxygens (including phenoxy) is 2. The molecule has 1 aliphatic carbocycles. The fraction of sp³-hybridized carbons (Fsp3) is 0.476. The Hall–Kier alpha value is -3.08. The van der Waals surface area contributed by atoms with Gasteiger partial charge in [-0.2, -0.15) is 13.8 Å². The van der Waals surface area contributed by atoms with Crippen LogP contribution in [-0.4, -0.2) is 67.3 Å². The quantitative estimate of drug-likeness (QED) is 0.617. The fourth-order valence-corrected chi connectivity index (χ4v) is 3.35. The fourth-order valence-electron chi connectivity index (χ4n) is 3.35. The number of hydrogen-bond donors (Lipinski definition) is 1. The van der Waals surface area contributed by atoms with Gasteiger partial charge in [0.1, 0.15) is 5.75 Å². The molecule has 1 aliphatic heterocycles. The second-order valence-electron chi connectivity index (χ2n) is 7.60. The second kappa shape index (κ2) is 9.60. The number of carbonyl (C=O) groups excluding carboxylic acids is 1. The van der Waals surface area contributed by atoms with Gasteiger partial charge < -0.3 is 19.7 Å². The number of morpholine rings is 1. The standard InChI is InChI=1S/C21H24F3N5O3/c1-25-18-16(22)11-26-21(27-18)29(20(23)24)14-4-5-15(17(10-14)32-12-13-2-3-13)19(30)28-6-8-31-9-7-28/h4-5,10-11,13,20H,2-3,6-9,12H2,1H3,(H,25,26,27). The predicted octanol–water partition coefficient (Wildman–Crippen LogP) is 3.28. The Kier molecular flexibility index (Phi) is 6.63. The summed E-state index contributed by atoms with van der Waals surface area (Å²) in [5.41, 5.74) is 0.319. The average molecular weight is 451 g/mol. The molecular formula is C21H24F3N5O3. The summed E-state index contributed by atoms with van der Waals surface area (Å²) in [5, 5.41) is 2.51. The smallest absolute Gasteiger partial charge is 0.321 e. The third-order valence-electron chi connectivity index (χ3n) is 5.32. The van der Waals surface area contributed by atoms with Crippen LogP contribution in [0, 0.1) is 11.7 Å². The van der Waals surface area contributed by atoms with E-state index in [0.29, 0.717) is 49.3 Å². The van der Waals surface area contributed by atoms with Crippen LogP contribution in [-0.2, 0) is 4.74 Å². The molecule has 1 saturated carbocycles. The number of amides is 1. The Morgan fingerprint density at radius 3 is 2.75 bits per heavy atom. The van der Waals surface area contributed by atoms with Crippen molar-refractivity contribution >= 4 is 23.4 Å². The maximum absolute atomic E-state index is 14.0. The minimum absolute atomic E-state index is 0.0259. The van der Waals surface area contributed by atoms with Crippen LogP contribution in [0.1, 0.15) is 23.2 Å². The molecule has 4 rings (SSSR count). The molecule has 172 valence electrons. The van der Waals surface area contributed by atoms with E-state index >= 15 is 0 Å². The van der Waals surface area contributed by atoms with E-state index in [2.05, 4.69) is 15.3 Å². The second-order valence-corrected chi connectivity index (χ2v) is 7.60. The van der Waals surface area contributed by atoms with Crippen molar-refractivity contribution < 1.29 is 27.4 Å². The van der Waals surface area contributed by atoms with E-state index in [1.165, 1.54) is 25.2 Å². The molecule has 1 N–H and O–H groups in total. The topological polar surface area (TPSA) is 79.8 Å². The lowest BCUT2D eigenvalue weighted by Gasteiger charge is -2.28. The number of alkyl halides is 2. The summed E-state index contributed by atoms with van der Waals surface area (Å²) < 4.78 is 52.9. The van der Waals surface area contributed by atoms with Crippen molar-refractivity contribution in [2.45, 2.75) is 19.4 Å². The number of benzene rings is 1. The summed E-state index contributed by atoms with van der Waals surface area (Å²) in [4.78, 5) is 22.8. The van der Waals surface area contributed by atoms with E-state index in [9.17, 15) is 18.0 Å². The molecule has 2 aromatic rings. The number of halogens is 3. The summed E-state index contributed by atoms with van der Waals surface area (Å²) in [5.74, 6) is -0.978. The number of aromatic nitrogens is 2. The predicted molar refractivity (Wildman–Crippen MR) is 111 cm³/mol. The van der Waals surface area contributed by atoms with Gasteiger partial charge in [-0.25, -0.2) is 9.37 Å². The third kappa shape index (κ3) is 4.87. The summed E-state index contributed by atoms with van der Waals surface area (Å²) in [6.45, 7) is -0.835. The highest BCUT2D eigenvalue weighted by atomic mass is 19.3. The lowest BCUT2D eigenvalue weighted by molar-refractivity contribution is 0.0300. The zero-order valence-electron chi connectivity index (χ0n) is 17.6. The maximum atomic E-state index is 14.0. The van der Waals surface area contributed by atoms with E-state index in [-0.39, 0.29) is 29.1 Å². The van der Waals surface area contributed by atoms with Crippen molar-refractivity contribution in [1.82, 2.24) is 14.9 Å². The van der Waals surface area contributed by atoms with Crippen LogP contribution in [0.5, 0.6) is 5.75 Å². The Morgan fingerprint density at radius 1 is 1.34 bits per heavy atom. The Labute approximate surface area is 183 Å². The van der Waals surface area contributed by atoms with E-state index in [1.807, 2.05) is 0 Å². The molecule has 0 bridgehead atoms. The van der Waals surface area contributed by atoms with Gasteiger partial charge in [-0.3, -0.25) is 9.69 Å². The normalized spacial score (nSPS) is 16.2. The van der Waals surface area contributed by atoms with Crippen molar-refractivity contribution in [3.8, 4) is 5.75 Å². The van der Waals surface area contributed by atoms with E-state index in [0.717, 1.165) is 19.0 Å². The Bertz CT molecular complexity index is 968. The molecule has 1 aromatic carbocycles. The van der Waals surface area contributed by atoms with Gasteiger partial charge in [0.05, 0.1) is 37.3 Å². The Balaban J connectivity index is 1.68. The highest BCUT2D eigenvalue weighted by Crippen LogP contribution is 2.35.